The number of ketones is 1. The topological polar surface area (TPSA) is 52.6 Å². The first kappa shape index (κ1) is 16.0. The van der Waals surface area contributed by atoms with E-state index in [4.69, 9.17) is 0 Å². The van der Waals surface area contributed by atoms with Gasteiger partial charge in [-0.15, -0.1) is 0 Å². The first-order chi connectivity index (χ1) is 11.6. The van der Waals surface area contributed by atoms with Crippen LogP contribution in [0.25, 0.3) is 0 Å². The van der Waals surface area contributed by atoms with Crippen LogP contribution in [0.1, 0.15) is 31.7 Å². The van der Waals surface area contributed by atoms with Crippen molar-refractivity contribution in [2.45, 2.75) is 44.8 Å². The van der Waals surface area contributed by atoms with Crippen molar-refractivity contribution >= 4 is 11.7 Å². The molecule has 0 saturated carbocycles. The van der Waals surface area contributed by atoms with E-state index in [1.54, 1.807) is 6.92 Å². The van der Waals surface area contributed by atoms with Crippen molar-refractivity contribution in [2.24, 2.45) is 5.92 Å². The maximum absolute atomic E-state index is 11.5. The van der Waals surface area contributed by atoms with Crippen molar-refractivity contribution in [2.75, 3.05) is 38.1 Å². The van der Waals surface area contributed by atoms with Crippen LogP contribution in [0, 0.1) is 5.92 Å². The smallest absolute Gasteiger partial charge is 0.225 e. The lowest BCUT2D eigenvalue weighted by Gasteiger charge is -2.39. The van der Waals surface area contributed by atoms with E-state index in [1.165, 1.54) is 12.8 Å². The van der Waals surface area contributed by atoms with E-state index in [9.17, 15) is 4.79 Å². The number of Topliss-reactive ketones (excluding diaryl/α,β-unsaturated/α-hetero) is 1. The molecule has 6 heteroatoms. The van der Waals surface area contributed by atoms with Crippen molar-refractivity contribution in [1.82, 2.24) is 19.8 Å². The lowest BCUT2D eigenvalue weighted by Crippen LogP contribution is -2.53. The average Bonchev–Trinajstić information content (AvgIpc) is 3.12. The molecule has 4 heterocycles. The summed E-state index contributed by atoms with van der Waals surface area (Å²) < 4.78 is 0. The van der Waals surface area contributed by atoms with Crippen LogP contribution >= 0.6 is 0 Å². The first-order valence-corrected chi connectivity index (χ1v) is 9.11. The fourth-order valence-corrected chi connectivity index (χ4v) is 4.57. The zero-order valence-electron chi connectivity index (χ0n) is 14.7. The monoisotopic (exact) mass is 329 g/mol. The Morgan fingerprint density at radius 3 is 2.38 bits per heavy atom. The van der Waals surface area contributed by atoms with E-state index in [0.29, 0.717) is 17.9 Å². The Kier molecular flexibility index (Phi) is 4.26. The van der Waals surface area contributed by atoms with Crippen LogP contribution in [0.4, 0.5) is 5.95 Å². The summed E-state index contributed by atoms with van der Waals surface area (Å²) in [6, 6.07) is 1.13. The highest BCUT2D eigenvalue weighted by Crippen LogP contribution is 2.32. The molecule has 6 nitrogen and oxygen atoms in total. The van der Waals surface area contributed by atoms with Crippen molar-refractivity contribution < 1.29 is 4.79 Å². The van der Waals surface area contributed by atoms with Gasteiger partial charge in [0.05, 0.1) is 0 Å². The zero-order valence-corrected chi connectivity index (χ0v) is 14.7. The molecule has 0 spiro atoms. The molecular weight excluding hydrogens is 302 g/mol. The second-order valence-electron chi connectivity index (χ2n) is 7.74. The van der Waals surface area contributed by atoms with Gasteiger partial charge in [0.1, 0.15) is 5.78 Å². The van der Waals surface area contributed by atoms with E-state index in [0.717, 1.165) is 50.7 Å². The molecule has 3 aliphatic heterocycles. The molecule has 3 fully saturated rings. The van der Waals surface area contributed by atoms with Crippen LogP contribution in [0.3, 0.4) is 0 Å². The summed E-state index contributed by atoms with van der Waals surface area (Å²) in [6.45, 7) is 6.65. The van der Waals surface area contributed by atoms with Gasteiger partial charge >= 0.3 is 0 Å². The fourth-order valence-electron chi connectivity index (χ4n) is 4.57. The van der Waals surface area contributed by atoms with Crippen molar-refractivity contribution in [3.8, 4) is 0 Å². The molecule has 2 unspecified atom stereocenters. The third-order valence-corrected chi connectivity index (χ3v) is 5.84. The molecule has 3 saturated heterocycles. The van der Waals surface area contributed by atoms with E-state index < -0.39 is 0 Å². The predicted molar refractivity (Wildman–Crippen MR) is 92.9 cm³/mol. The Labute approximate surface area is 143 Å². The van der Waals surface area contributed by atoms with Crippen LogP contribution in [-0.2, 0) is 11.3 Å². The summed E-state index contributed by atoms with van der Waals surface area (Å²) in [4.78, 5) is 28.0. The summed E-state index contributed by atoms with van der Waals surface area (Å²) in [5.74, 6) is 1.42. The molecule has 0 amide bonds. The summed E-state index contributed by atoms with van der Waals surface area (Å²) in [5.41, 5.74) is 1.14. The number of hydrogen-bond acceptors (Lipinski definition) is 6. The summed E-state index contributed by atoms with van der Waals surface area (Å²) in [7, 11) is 2.21. The van der Waals surface area contributed by atoms with E-state index in [-0.39, 0.29) is 5.92 Å². The number of carbonyl (C=O) groups excluding carboxylic acids is 1. The van der Waals surface area contributed by atoms with Crippen molar-refractivity contribution in [3.63, 3.8) is 0 Å². The van der Waals surface area contributed by atoms with Gasteiger partial charge in [0.15, 0.2) is 0 Å². The predicted octanol–water partition coefficient (Wildman–Crippen LogP) is 1.17. The van der Waals surface area contributed by atoms with Crippen LogP contribution in [0.2, 0.25) is 0 Å². The number of nitrogens with zero attached hydrogens (tertiary/aromatic N) is 5. The van der Waals surface area contributed by atoms with Gasteiger partial charge in [0.25, 0.3) is 0 Å². The van der Waals surface area contributed by atoms with Crippen LogP contribution in [0.15, 0.2) is 12.4 Å². The number of fused-ring (bicyclic) bond motifs is 2. The summed E-state index contributed by atoms with van der Waals surface area (Å²) in [6.07, 6.45) is 7.43. The SMILES string of the molecule is CC(=O)[C@@H]1CCN(Cc2cnc(N3C4CCC3CN(C)C4)nc2)C1. The Morgan fingerprint density at radius 2 is 1.79 bits per heavy atom. The molecule has 4 rings (SSSR count). The van der Waals surface area contributed by atoms with Gasteiger partial charge in [-0.2, -0.15) is 0 Å². The zero-order chi connectivity index (χ0) is 16.7. The second kappa shape index (κ2) is 6.41. The number of carbonyl (C=O) groups is 1. The molecule has 0 aromatic carbocycles. The number of anilines is 1. The molecule has 24 heavy (non-hydrogen) atoms. The Morgan fingerprint density at radius 1 is 1.12 bits per heavy atom. The van der Waals surface area contributed by atoms with Crippen molar-refractivity contribution in [1.29, 1.82) is 0 Å². The first-order valence-electron chi connectivity index (χ1n) is 9.11. The number of aromatic nitrogens is 2. The molecule has 1 aromatic rings. The number of rotatable bonds is 4. The Balaban J connectivity index is 1.40. The maximum Gasteiger partial charge on any atom is 0.225 e. The van der Waals surface area contributed by atoms with E-state index in [1.807, 2.05) is 12.4 Å². The third-order valence-electron chi connectivity index (χ3n) is 5.84. The molecule has 130 valence electrons. The van der Waals surface area contributed by atoms with E-state index in [2.05, 4.69) is 31.7 Å². The molecule has 0 aliphatic carbocycles. The van der Waals surface area contributed by atoms with Gasteiger partial charge in [-0.25, -0.2) is 9.97 Å². The Bertz CT molecular complexity index is 590. The summed E-state index contributed by atoms with van der Waals surface area (Å²) in [5, 5.41) is 0. The minimum Gasteiger partial charge on any atom is -0.332 e. The highest BCUT2D eigenvalue weighted by molar-refractivity contribution is 5.78. The van der Waals surface area contributed by atoms with Crippen LogP contribution < -0.4 is 4.90 Å². The highest BCUT2D eigenvalue weighted by Gasteiger charge is 2.40. The average molecular weight is 329 g/mol. The van der Waals surface area contributed by atoms with Gasteiger partial charge in [0, 0.05) is 62.1 Å². The second-order valence-corrected chi connectivity index (χ2v) is 7.74. The van der Waals surface area contributed by atoms with Gasteiger partial charge < -0.3 is 9.80 Å². The van der Waals surface area contributed by atoms with Gasteiger partial charge in [-0.05, 0) is 39.8 Å². The van der Waals surface area contributed by atoms with Gasteiger partial charge in [0.2, 0.25) is 5.95 Å². The number of hydrogen-bond donors (Lipinski definition) is 0. The molecule has 0 radical (unpaired) electrons. The van der Waals surface area contributed by atoms with Crippen molar-refractivity contribution in [3.05, 3.63) is 18.0 Å². The molecule has 1 aromatic heterocycles. The maximum atomic E-state index is 11.5. The number of likely N-dealkylation sites (N-methyl/N-ethyl adjacent to an activating group) is 1. The molecular formula is C18H27N5O. The van der Waals surface area contributed by atoms with Gasteiger partial charge in [-0.3, -0.25) is 9.69 Å². The molecule has 2 bridgehead atoms. The third kappa shape index (κ3) is 3.05. The largest absolute Gasteiger partial charge is 0.332 e. The number of likely N-dealkylation sites (tertiary alicyclic amines) is 2. The minimum atomic E-state index is 0.214. The lowest BCUT2D eigenvalue weighted by atomic mass is 10.1. The molecule has 0 N–H and O–H groups in total. The standard InChI is InChI=1S/C18H27N5O/c1-13(24)15-5-6-22(10-15)9-14-7-19-18(20-8-14)23-16-3-4-17(23)12-21(2)11-16/h7-8,15-17H,3-6,9-12H2,1-2H3/t15-,16?,17?/m1/s1. The van der Waals surface area contributed by atoms with E-state index >= 15 is 0 Å². The Hall–Kier alpha value is -1.53. The highest BCUT2D eigenvalue weighted by atomic mass is 16.1. The number of piperazine rings is 1. The fraction of sp³-hybridized carbons (Fsp3) is 0.722. The van der Waals surface area contributed by atoms with Crippen LogP contribution in [0.5, 0.6) is 0 Å². The minimum absolute atomic E-state index is 0.214. The quantitative estimate of drug-likeness (QED) is 0.827. The summed E-state index contributed by atoms with van der Waals surface area (Å²) >= 11 is 0. The lowest BCUT2D eigenvalue weighted by molar-refractivity contribution is -0.120. The molecule has 3 atom stereocenters. The normalized spacial score (nSPS) is 30.9. The molecule has 3 aliphatic rings. The van der Waals surface area contributed by atoms with Gasteiger partial charge in [-0.1, -0.05) is 0 Å². The van der Waals surface area contributed by atoms with Crippen LogP contribution in [-0.4, -0.2) is 70.9 Å².